The lowest BCUT2D eigenvalue weighted by Gasteiger charge is -2.36. The second-order valence-corrected chi connectivity index (χ2v) is 14.0. The van der Waals surface area contributed by atoms with E-state index in [1.54, 1.807) is 0 Å². The summed E-state index contributed by atoms with van der Waals surface area (Å²) in [6.07, 6.45) is 16.3. The summed E-state index contributed by atoms with van der Waals surface area (Å²) < 4.78 is 10.0. The third-order valence-electron chi connectivity index (χ3n) is 12.0. The van der Waals surface area contributed by atoms with Gasteiger partial charge in [0.1, 0.15) is 13.2 Å². The Kier molecular flexibility index (Phi) is 8.41. The molecule has 0 radical (unpaired) electrons. The molecular formula is C34H52O4. The Bertz CT molecular complexity index is 992. The van der Waals surface area contributed by atoms with Crippen LogP contribution >= 0.6 is 0 Å². The van der Waals surface area contributed by atoms with E-state index < -0.39 is 0 Å². The summed E-state index contributed by atoms with van der Waals surface area (Å²) in [5.41, 5.74) is 5.40. The van der Waals surface area contributed by atoms with E-state index >= 15 is 0 Å². The summed E-state index contributed by atoms with van der Waals surface area (Å²) in [5.74, 6) is 4.33. The average Bonchev–Trinajstić information content (AvgIpc) is 3.43. The summed E-state index contributed by atoms with van der Waals surface area (Å²) in [7, 11) is 0. The van der Waals surface area contributed by atoms with E-state index in [1.807, 2.05) is 6.92 Å². The van der Waals surface area contributed by atoms with Gasteiger partial charge in [0.25, 0.3) is 0 Å². The second-order valence-electron chi connectivity index (χ2n) is 14.0. The Morgan fingerprint density at radius 3 is 1.76 bits per heavy atom. The van der Waals surface area contributed by atoms with Gasteiger partial charge in [0.05, 0.1) is 0 Å². The minimum absolute atomic E-state index is 0.190. The molecule has 3 unspecified atom stereocenters. The molecule has 4 nitrogen and oxygen atoms in total. The minimum Gasteiger partial charge on any atom is -0.461 e. The lowest BCUT2D eigenvalue weighted by atomic mass is 9.69. The number of ether oxygens (including phenoxy) is 2. The van der Waals surface area contributed by atoms with Crippen molar-refractivity contribution >= 4 is 11.9 Å². The van der Waals surface area contributed by atoms with Gasteiger partial charge in [-0.15, -0.1) is 0 Å². The molecule has 0 amide bonds. The summed E-state index contributed by atoms with van der Waals surface area (Å²) in [4.78, 5) is 21.5. The van der Waals surface area contributed by atoms with Crippen LogP contribution in [-0.2, 0) is 19.1 Å². The van der Waals surface area contributed by atoms with Crippen molar-refractivity contribution in [2.24, 2.45) is 45.8 Å². The number of carbonyl (C=O) groups excluding carboxylic acids is 2. The molecule has 0 aromatic carbocycles. The molecule has 0 heterocycles. The summed E-state index contributed by atoms with van der Waals surface area (Å²) >= 11 is 0. The molecule has 6 rings (SSSR count). The van der Waals surface area contributed by atoms with Gasteiger partial charge in [-0.05, 0) is 129 Å². The topological polar surface area (TPSA) is 52.6 Å². The van der Waals surface area contributed by atoms with Crippen molar-refractivity contribution in [1.29, 1.82) is 0 Å². The highest BCUT2D eigenvalue weighted by atomic mass is 16.5. The first kappa shape index (κ1) is 29.2. The van der Waals surface area contributed by atoms with Gasteiger partial charge >= 0.3 is 11.9 Å². The molecule has 0 N–H and O–H groups in total. The van der Waals surface area contributed by atoms with Gasteiger partial charge in [-0.25, -0.2) is 0 Å². The van der Waals surface area contributed by atoms with Crippen LogP contribution in [0.2, 0.25) is 0 Å². The highest BCUT2D eigenvalue weighted by Gasteiger charge is 2.80. The lowest BCUT2D eigenvalue weighted by molar-refractivity contribution is -0.140. The van der Waals surface area contributed by atoms with Gasteiger partial charge in [-0.2, -0.15) is 0 Å². The Morgan fingerprint density at radius 2 is 1.34 bits per heavy atom. The van der Waals surface area contributed by atoms with Crippen LogP contribution in [0.4, 0.5) is 0 Å². The maximum absolute atomic E-state index is 10.8. The van der Waals surface area contributed by atoms with Gasteiger partial charge in [-0.3, -0.25) is 9.59 Å². The van der Waals surface area contributed by atoms with Crippen molar-refractivity contribution < 1.29 is 19.1 Å². The van der Waals surface area contributed by atoms with Crippen LogP contribution < -0.4 is 0 Å². The molecule has 0 saturated heterocycles. The maximum atomic E-state index is 10.8. The molecule has 4 heteroatoms. The zero-order valence-corrected chi connectivity index (χ0v) is 25.2. The Hall–Kier alpha value is -1.84. The molecule has 0 aromatic rings. The number of fused-ring (bicyclic) bond motifs is 2. The molecule has 6 aliphatic rings. The Labute approximate surface area is 231 Å². The number of esters is 2. The molecule has 0 aromatic heterocycles. The van der Waals surface area contributed by atoms with E-state index in [9.17, 15) is 9.59 Å². The Morgan fingerprint density at radius 1 is 0.816 bits per heavy atom. The monoisotopic (exact) mass is 524 g/mol. The van der Waals surface area contributed by atoms with Crippen molar-refractivity contribution in [1.82, 2.24) is 0 Å². The minimum atomic E-state index is -0.207. The van der Waals surface area contributed by atoms with Crippen molar-refractivity contribution in [3.8, 4) is 0 Å². The lowest BCUT2D eigenvalue weighted by Crippen LogP contribution is -2.26. The molecule has 38 heavy (non-hydrogen) atoms. The van der Waals surface area contributed by atoms with Crippen molar-refractivity contribution in [3.05, 3.63) is 35.5 Å². The SMILES string of the molecule is C=C1[C@@H]2CC[C@@H](C2)[C@@]1(C)CC/C=C(/C)COC(C)=O.CC(=O)OC/C(C)=C\CC[C@]1(C)C2CC3[C@H](C2)C31C. The number of rotatable bonds is 10. The second kappa shape index (κ2) is 11.0. The van der Waals surface area contributed by atoms with Crippen LogP contribution in [0.5, 0.6) is 0 Å². The molecule has 6 aliphatic carbocycles. The molecule has 6 saturated carbocycles. The Balaban J connectivity index is 0.000000177. The third-order valence-corrected chi connectivity index (χ3v) is 12.0. The van der Waals surface area contributed by atoms with Gasteiger partial charge in [0.15, 0.2) is 0 Å². The van der Waals surface area contributed by atoms with Gasteiger partial charge < -0.3 is 9.47 Å². The molecule has 6 fully saturated rings. The van der Waals surface area contributed by atoms with Crippen LogP contribution in [-0.4, -0.2) is 25.2 Å². The van der Waals surface area contributed by atoms with Crippen LogP contribution in [0.15, 0.2) is 35.5 Å². The zero-order chi connectivity index (χ0) is 27.9. The molecule has 212 valence electrons. The van der Waals surface area contributed by atoms with E-state index in [2.05, 4.69) is 46.4 Å². The van der Waals surface area contributed by atoms with Crippen LogP contribution in [0, 0.1) is 45.8 Å². The van der Waals surface area contributed by atoms with E-state index in [1.165, 1.54) is 69.9 Å². The van der Waals surface area contributed by atoms with E-state index in [-0.39, 0.29) is 11.9 Å². The number of hydrogen-bond acceptors (Lipinski definition) is 4. The van der Waals surface area contributed by atoms with Crippen LogP contribution in [0.3, 0.4) is 0 Å². The fourth-order valence-corrected chi connectivity index (χ4v) is 9.26. The highest BCUT2D eigenvalue weighted by Crippen LogP contribution is 2.87. The number of allylic oxidation sites excluding steroid dienone is 3. The van der Waals surface area contributed by atoms with E-state index in [4.69, 9.17) is 9.47 Å². The summed E-state index contributed by atoms with van der Waals surface area (Å²) in [5, 5.41) is 0. The van der Waals surface area contributed by atoms with Crippen LogP contribution in [0.1, 0.15) is 106 Å². The van der Waals surface area contributed by atoms with Crippen molar-refractivity contribution in [3.63, 3.8) is 0 Å². The van der Waals surface area contributed by atoms with Gasteiger partial charge in [-0.1, -0.05) is 45.1 Å². The summed E-state index contributed by atoms with van der Waals surface area (Å²) in [6, 6.07) is 0. The van der Waals surface area contributed by atoms with E-state index in [0.717, 1.165) is 48.0 Å². The first-order valence-corrected chi connectivity index (χ1v) is 15.1. The van der Waals surface area contributed by atoms with Gasteiger partial charge in [0.2, 0.25) is 0 Å². The summed E-state index contributed by atoms with van der Waals surface area (Å²) in [6.45, 7) is 19.7. The quantitative estimate of drug-likeness (QED) is 0.213. The standard InChI is InChI=1S/2C17H26O2/c1-11(10-19-12(2)18)6-5-7-16(3)13-8-14-15(9-13)17(14,16)4;1-12(11-19-14(3)18)6-5-9-17(4)13(2)15-7-8-16(17)10-15/h6,13-15H,5,7-10H2,1-4H3;6,15-16H,2,5,7-11H2,1,3-4H3/b11-6-;12-6-/t13?,14-,15?,16+,17?;15-,16+,17+/m01/s1. The number of hydrogen-bond donors (Lipinski definition) is 0. The maximum Gasteiger partial charge on any atom is 0.302 e. The first-order chi connectivity index (χ1) is 17.8. The van der Waals surface area contributed by atoms with Crippen LogP contribution in [0.25, 0.3) is 0 Å². The molecular weight excluding hydrogens is 472 g/mol. The predicted molar refractivity (Wildman–Crippen MR) is 153 cm³/mol. The molecule has 6 bridgehead atoms. The first-order valence-electron chi connectivity index (χ1n) is 15.1. The fraction of sp³-hybridized carbons (Fsp3) is 0.765. The van der Waals surface area contributed by atoms with Crippen molar-refractivity contribution in [2.45, 2.75) is 106 Å². The highest BCUT2D eigenvalue weighted by molar-refractivity contribution is 5.66. The largest absolute Gasteiger partial charge is 0.461 e. The normalized spacial score (nSPS) is 40.2. The molecule has 8 atom stereocenters. The third kappa shape index (κ3) is 5.30. The fourth-order valence-electron chi connectivity index (χ4n) is 9.26. The van der Waals surface area contributed by atoms with Gasteiger partial charge in [0, 0.05) is 13.8 Å². The zero-order valence-electron chi connectivity index (χ0n) is 25.2. The predicted octanol–water partition coefficient (Wildman–Crippen LogP) is 8.23. The molecule has 0 spiro atoms. The average molecular weight is 525 g/mol. The number of carbonyl (C=O) groups is 2. The smallest absolute Gasteiger partial charge is 0.302 e. The molecule has 0 aliphatic heterocycles. The van der Waals surface area contributed by atoms with Crippen molar-refractivity contribution in [2.75, 3.05) is 13.2 Å². The van der Waals surface area contributed by atoms with E-state index in [0.29, 0.717) is 29.5 Å².